The number of nitrogens with one attached hydrogen (secondary N) is 2. The van der Waals surface area contributed by atoms with E-state index in [2.05, 4.69) is 71.4 Å². The third-order valence-electron chi connectivity index (χ3n) is 7.79. The lowest BCUT2D eigenvalue weighted by molar-refractivity contribution is -0.119. The molecule has 208 valence electrons. The second-order valence-electron chi connectivity index (χ2n) is 10.9. The van der Waals surface area contributed by atoms with E-state index in [1.165, 1.54) is 12.7 Å². The quantitative estimate of drug-likeness (QED) is 0.328. The summed E-state index contributed by atoms with van der Waals surface area (Å²) in [7, 11) is 3.60. The Labute approximate surface area is 246 Å². The minimum atomic E-state index is -0.262. The monoisotopic (exact) mass is 575 g/mol. The average Bonchev–Trinajstić information content (AvgIpc) is 3.25. The van der Waals surface area contributed by atoms with E-state index in [4.69, 9.17) is 28.6 Å². The van der Waals surface area contributed by atoms with Crippen LogP contribution in [0, 0.1) is 6.92 Å². The number of hydrogen-bond donors (Lipinski definition) is 2. The predicted octanol–water partition coefficient (Wildman–Crippen LogP) is 6.44. The van der Waals surface area contributed by atoms with Gasteiger partial charge in [-0.1, -0.05) is 23.7 Å². The Morgan fingerprint density at radius 1 is 1.20 bits per heavy atom. The van der Waals surface area contributed by atoms with Gasteiger partial charge < -0.3 is 25.2 Å². The predicted molar refractivity (Wildman–Crippen MR) is 167 cm³/mol. The lowest BCUT2D eigenvalue weighted by Gasteiger charge is -2.41. The van der Waals surface area contributed by atoms with E-state index in [0.717, 1.165) is 39.4 Å². The van der Waals surface area contributed by atoms with Gasteiger partial charge in [-0.15, -0.1) is 0 Å². The molecule has 2 aliphatic heterocycles. The number of amides is 1. The third-order valence-corrected chi connectivity index (χ3v) is 8.43. The van der Waals surface area contributed by atoms with E-state index in [1.54, 1.807) is 6.20 Å². The van der Waals surface area contributed by atoms with Gasteiger partial charge in [-0.2, -0.15) is 0 Å². The molecule has 0 unspecified atom stereocenters. The van der Waals surface area contributed by atoms with Crippen LogP contribution in [0.4, 0.5) is 17.1 Å². The molecular weight excluding hydrogens is 542 g/mol. The van der Waals surface area contributed by atoms with Crippen molar-refractivity contribution in [3.05, 3.63) is 88.2 Å². The van der Waals surface area contributed by atoms with Crippen molar-refractivity contribution in [1.29, 1.82) is 0 Å². The van der Waals surface area contributed by atoms with Crippen LogP contribution in [0.5, 0.6) is 0 Å². The lowest BCUT2D eigenvalue weighted by atomic mass is 9.86. The molecule has 0 saturated carbocycles. The highest BCUT2D eigenvalue weighted by atomic mass is 35.5. The van der Waals surface area contributed by atoms with Gasteiger partial charge in [-0.25, -0.2) is 0 Å². The highest BCUT2D eigenvalue weighted by Gasteiger charge is 2.42. The number of aromatic nitrogens is 1. The molecule has 9 heteroatoms. The number of aryl methyl sites for hydroxylation is 1. The van der Waals surface area contributed by atoms with Crippen molar-refractivity contribution in [2.75, 3.05) is 35.9 Å². The second kappa shape index (κ2) is 10.8. The van der Waals surface area contributed by atoms with Crippen LogP contribution in [-0.2, 0) is 9.53 Å². The van der Waals surface area contributed by atoms with Crippen molar-refractivity contribution in [1.82, 2.24) is 10.3 Å². The van der Waals surface area contributed by atoms with Gasteiger partial charge in [0.25, 0.3) is 0 Å². The molecule has 1 aromatic heterocycles. The number of thiocarbonyl (C=S) groups is 1. The van der Waals surface area contributed by atoms with Crippen LogP contribution in [-0.4, -0.2) is 42.3 Å². The van der Waals surface area contributed by atoms with Gasteiger partial charge in [0, 0.05) is 48.0 Å². The fraction of sp³-hybridized carbons (Fsp3) is 0.323. The number of benzene rings is 2. The van der Waals surface area contributed by atoms with Crippen LogP contribution < -0.4 is 20.4 Å². The fourth-order valence-electron chi connectivity index (χ4n) is 5.62. The van der Waals surface area contributed by atoms with Crippen molar-refractivity contribution >= 4 is 57.5 Å². The summed E-state index contributed by atoms with van der Waals surface area (Å²) in [6.07, 6.45) is 4.08. The van der Waals surface area contributed by atoms with Gasteiger partial charge in [0.15, 0.2) is 5.11 Å². The normalized spacial score (nSPS) is 19.7. The fourth-order valence-corrected chi connectivity index (χ4v) is 6.23. The SMILES string of the molecule is COCC(=O)Nc1ccc(N2C(=S)N[C@@H](c3ccccn3)[C@H]2c2cc3c(cc2Cl)N(C)C(C)(C)C=C3C)cc1C. The maximum Gasteiger partial charge on any atom is 0.250 e. The summed E-state index contributed by atoms with van der Waals surface area (Å²) in [5.74, 6) is -0.206. The van der Waals surface area contributed by atoms with Gasteiger partial charge in [-0.3, -0.25) is 9.78 Å². The van der Waals surface area contributed by atoms with E-state index >= 15 is 0 Å². The van der Waals surface area contributed by atoms with E-state index in [9.17, 15) is 4.79 Å². The minimum absolute atomic E-state index is 0.00772. The highest BCUT2D eigenvalue weighted by Crippen LogP contribution is 2.48. The average molecular weight is 576 g/mol. The maximum absolute atomic E-state index is 12.1. The molecule has 3 aromatic rings. The van der Waals surface area contributed by atoms with Crippen LogP contribution in [0.2, 0.25) is 5.02 Å². The van der Waals surface area contributed by atoms with Crippen LogP contribution in [0.1, 0.15) is 55.2 Å². The number of halogens is 1. The molecule has 2 N–H and O–H groups in total. The number of rotatable bonds is 6. The summed E-state index contributed by atoms with van der Waals surface area (Å²) in [6.45, 7) is 8.50. The highest BCUT2D eigenvalue weighted by molar-refractivity contribution is 7.80. The zero-order chi connectivity index (χ0) is 28.8. The Morgan fingerprint density at radius 2 is 1.98 bits per heavy atom. The summed E-state index contributed by atoms with van der Waals surface area (Å²) in [5.41, 5.74) is 7.67. The molecule has 2 atom stereocenters. The number of carbonyl (C=O) groups excluding carboxylic acids is 1. The Balaban J connectivity index is 1.63. The lowest BCUT2D eigenvalue weighted by Crippen LogP contribution is -2.42. The van der Waals surface area contributed by atoms with Crippen molar-refractivity contribution in [3.63, 3.8) is 0 Å². The Bertz CT molecular complexity index is 1510. The summed E-state index contributed by atoms with van der Waals surface area (Å²) in [6, 6.07) is 15.5. The number of fused-ring (bicyclic) bond motifs is 1. The number of nitrogens with zero attached hydrogens (tertiary/aromatic N) is 3. The molecule has 3 heterocycles. The first-order valence-corrected chi connectivity index (χ1v) is 14.0. The van der Waals surface area contributed by atoms with Crippen molar-refractivity contribution in [2.24, 2.45) is 0 Å². The number of anilines is 3. The van der Waals surface area contributed by atoms with E-state index in [0.29, 0.717) is 10.1 Å². The zero-order valence-electron chi connectivity index (χ0n) is 23.6. The topological polar surface area (TPSA) is 69.7 Å². The molecule has 1 amide bonds. The molecule has 2 aliphatic rings. The Morgan fingerprint density at radius 3 is 2.65 bits per heavy atom. The van der Waals surface area contributed by atoms with Gasteiger partial charge >= 0.3 is 0 Å². The molecule has 40 heavy (non-hydrogen) atoms. The Hall–Kier alpha value is -3.46. The number of methoxy groups -OCH3 is 1. The summed E-state index contributed by atoms with van der Waals surface area (Å²) in [5, 5.41) is 7.66. The van der Waals surface area contributed by atoms with Gasteiger partial charge in [0.2, 0.25) is 5.91 Å². The first kappa shape index (κ1) is 28.1. The number of likely N-dealkylation sites (N-methyl/N-ethyl adjacent to an activating group) is 1. The molecule has 2 aromatic carbocycles. The van der Waals surface area contributed by atoms with Crippen LogP contribution in [0.3, 0.4) is 0 Å². The van der Waals surface area contributed by atoms with Crippen molar-refractivity contribution in [3.8, 4) is 0 Å². The molecule has 0 bridgehead atoms. The van der Waals surface area contributed by atoms with Crippen LogP contribution >= 0.6 is 23.8 Å². The van der Waals surface area contributed by atoms with E-state index in [-0.39, 0.29) is 30.1 Å². The van der Waals surface area contributed by atoms with Crippen molar-refractivity contribution in [2.45, 2.75) is 45.3 Å². The van der Waals surface area contributed by atoms with Gasteiger partial charge in [-0.05, 0) is 99.1 Å². The van der Waals surface area contributed by atoms with Gasteiger partial charge in [0.05, 0.1) is 23.3 Å². The standard InChI is InChI=1S/C31H34ClN5O2S/c1-18-13-20(10-11-24(18)34-27(38)17-39-6)37-29(28(35-30(37)40)25-9-7-8-12-33-25)22-14-21-19(2)16-31(3,4)36(5)26(21)15-23(22)32/h7-16,28-29H,17H2,1-6H3,(H,34,38)(H,35,40)/t28-,29+/m0/s1. The molecule has 1 fully saturated rings. The summed E-state index contributed by atoms with van der Waals surface area (Å²) in [4.78, 5) is 21.2. The number of hydrogen-bond acceptors (Lipinski definition) is 5. The summed E-state index contributed by atoms with van der Waals surface area (Å²) >= 11 is 13.1. The molecule has 0 spiro atoms. The van der Waals surface area contributed by atoms with Crippen molar-refractivity contribution < 1.29 is 9.53 Å². The number of allylic oxidation sites excluding steroid dienone is 1. The summed E-state index contributed by atoms with van der Waals surface area (Å²) < 4.78 is 4.96. The molecule has 0 aliphatic carbocycles. The maximum atomic E-state index is 12.1. The molecular formula is C31H34ClN5O2S. The van der Waals surface area contributed by atoms with Gasteiger partial charge in [0.1, 0.15) is 6.61 Å². The smallest absolute Gasteiger partial charge is 0.250 e. The van der Waals surface area contributed by atoms with E-state index < -0.39 is 0 Å². The van der Waals surface area contributed by atoms with Crippen LogP contribution in [0.15, 0.2) is 60.8 Å². The first-order valence-electron chi connectivity index (χ1n) is 13.2. The number of carbonyl (C=O) groups is 1. The third kappa shape index (κ3) is 5.07. The zero-order valence-corrected chi connectivity index (χ0v) is 25.2. The molecule has 0 radical (unpaired) electrons. The molecule has 7 nitrogen and oxygen atoms in total. The first-order chi connectivity index (χ1) is 19.0. The Kier molecular flexibility index (Phi) is 7.61. The minimum Gasteiger partial charge on any atom is -0.375 e. The largest absolute Gasteiger partial charge is 0.375 e. The van der Waals surface area contributed by atoms with E-state index in [1.807, 2.05) is 43.3 Å². The molecule has 5 rings (SSSR count). The molecule has 1 saturated heterocycles. The second-order valence-corrected chi connectivity index (χ2v) is 11.7. The number of pyridine rings is 1. The van der Waals surface area contributed by atoms with Crippen LogP contribution in [0.25, 0.3) is 5.57 Å². The number of ether oxygens (including phenoxy) is 1.